The van der Waals surface area contributed by atoms with E-state index in [0.29, 0.717) is 12.2 Å². The smallest absolute Gasteiger partial charge is 0.259 e. The van der Waals surface area contributed by atoms with E-state index in [1.165, 1.54) is 12.1 Å². The summed E-state index contributed by atoms with van der Waals surface area (Å²) in [5, 5.41) is 2.83. The van der Waals surface area contributed by atoms with Gasteiger partial charge < -0.3 is 10.1 Å². The van der Waals surface area contributed by atoms with Crippen molar-refractivity contribution in [3.8, 4) is 5.75 Å². The van der Waals surface area contributed by atoms with Crippen molar-refractivity contribution in [1.29, 1.82) is 0 Å². The van der Waals surface area contributed by atoms with Crippen LogP contribution in [-0.4, -0.2) is 18.7 Å². The van der Waals surface area contributed by atoms with E-state index in [2.05, 4.69) is 16.2 Å². The topological polar surface area (TPSA) is 62.4 Å². The van der Waals surface area contributed by atoms with Crippen LogP contribution in [-0.2, 0) is 4.79 Å². The summed E-state index contributed by atoms with van der Waals surface area (Å²) in [6, 6.07) is 15.5. The standard InChI is InChI=1S/C17H18FN3O2/c18-13-6-4-5-12(9-13)15-10-16(21-20-15)19-17(22)11-23-14-7-2-1-3-8-14/h1-9,15-16,20-21H,10-11H2,(H,19,22). The third-order valence-electron chi connectivity index (χ3n) is 3.60. The summed E-state index contributed by atoms with van der Waals surface area (Å²) in [6.45, 7) is -0.0488. The van der Waals surface area contributed by atoms with Crippen LogP contribution in [0.25, 0.3) is 0 Å². The monoisotopic (exact) mass is 315 g/mol. The van der Waals surface area contributed by atoms with Gasteiger partial charge in [-0.3, -0.25) is 4.79 Å². The minimum Gasteiger partial charge on any atom is -0.484 e. The molecule has 23 heavy (non-hydrogen) atoms. The molecule has 1 aliphatic heterocycles. The summed E-state index contributed by atoms with van der Waals surface area (Å²) >= 11 is 0. The number of rotatable bonds is 5. The highest BCUT2D eigenvalue weighted by Crippen LogP contribution is 2.21. The number of halogens is 1. The summed E-state index contributed by atoms with van der Waals surface area (Å²) in [5.41, 5.74) is 6.89. The van der Waals surface area contributed by atoms with Crippen molar-refractivity contribution in [2.45, 2.75) is 18.6 Å². The Morgan fingerprint density at radius 1 is 1.17 bits per heavy atom. The van der Waals surface area contributed by atoms with E-state index >= 15 is 0 Å². The van der Waals surface area contributed by atoms with Crippen molar-refractivity contribution in [2.24, 2.45) is 0 Å². The van der Waals surface area contributed by atoms with Crippen molar-refractivity contribution in [1.82, 2.24) is 16.2 Å². The van der Waals surface area contributed by atoms with Crippen LogP contribution in [0.1, 0.15) is 18.0 Å². The summed E-state index contributed by atoms with van der Waals surface area (Å²) in [6.07, 6.45) is 0.399. The molecule has 120 valence electrons. The zero-order valence-corrected chi connectivity index (χ0v) is 12.5. The second-order valence-electron chi connectivity index (χ2n) is 5.35. The summed E-state index contributed by atoms with van der Waals surface area (Å²) < 4.78 is 18.7. The number of nitrogens with one attached hydrogen (secondary N) is 3. The van der Waals surface area contributed by atoms with Crippen LogP contribution >= 0.6 is 0 Å². The molecule has 0 aliphatic carbocycles. The normalized spacial score (nSPS) is 20.2. The van der Waals surface area contributed by atoms with Gasteiger partial charge in [-0.15, -0.1) is 0 Å². The van der Waals surface area contributed by atoms with E-state index in [0.717, 1.165) is 5.56 Å². The molecule has 0 bridgehead atoms. The number of amides is 1. The van der Waals surface area contributed by atoms with Crippen molar-refractivity contribution < 1.29 is 13.9 Å². The van der Waals surface area contributed by atoms with Crippen molar-refractivity contribution >= 4 is 5.91 Å². The van der Waals surface area contributed by atoms with Crippen LogP contribution < -0.4 is 20.9 Å². The fourth-order valence-corrected chi connectivity index (χ4v) is 2.49. The van der Waals surface area contributed by atoms with Crippen LogP contribution in [0.2, 0.25) is 0 Å². The lowest BCUT2D eigenvalue weighted by Gasteiger charge is -2.13. The molecule has 2 aromatic rings. The lowest BCUT2D eigenvalue weighted by atomic mass is 10.0. The van der Waals surface area contributed by atoms with Crippen molar-refractivity contribution in [3.05, 3.63) is 66.0 Å². The van der Waals surface area contributed by atoms with Crippen LogP contribution in [0.5, 0.6) is 5.75 Å². The van der Waals surface area contributed by atoms with Gasteiger partial charge in [0.1, 0.15) is 11.6 Å². The molecule has 1 fully saturated rings. The zero-order chi connectivity index (χ0) is 16.1. The van der Waals surface area contributed by atoms with Gasteiger partial charge in [-0.05, 0) is 29.8 Å². The molecule has 5 nitrogen and oxygen atoms in total. The predicted octanol–water partition coefficient (Wildman–Crippen LogP) is 1.89. The van der Waals surface area contributed by atoms with Gasteiger partial charge in [-0.1, -0.05) is 30.3 Å². The maximum Gasteiger partial charge on any atom is 0.259 e. The number of hydrazine groups is 1. The minimum atomic E-state index is -0.270. The summed E-state index contributed by atoms with van der Waals surface area (Å²) in [4.78, 5) is 11.9. The number of benzene rings is 2. The Bertz CT molecular complexity index is 666. The second-order valence-corrected chi connectivity index (χ2v) is 5.35. The quantitative estimate of drug-likeness (QED) is 0.788. The molecule has 2 unspecified atom stereocenters. The van der Waals surface area contributed by atoms with E-state index in [1.54, 1.807) is 18.2 Å². The lowest BCUT2D eigenvalue weighted by molar-refractivity contribution is -0.123. The van der Waals surface area contributed by atoms with Gasteiger partial charge in [0.15, 0.2) is 6.61 Å². The lowest BCUT2D eigenvalue weighted by Crippen LogP contribution is -2.45. The first-order valence-electron chi connectivity index (χ1n) is 7.44. The first-order valence-corrected chi connectivity index (χ1v) is 7.44. The van der Waals surface area contributed by atoms with E-state index in [1.807, 2.05) is 24.3 Å². The van der Waals surface area contributed by atoms with Crippen LogP contribution in [0.4, 0.5) is 4.39 Å². The van der Waals surface area contributed by atoms with E-state index < -0.39 is 0 Å². The number of ether oxygens (including phenoxy) is 1. The summed E-state index contributed by atoms with van der Waals surface area (Å²) in [7, 11) is 0. The average Bonchev–Trinajstić information content (AvgIpc) is 3.02. The Balaban J connectivity index is 1.47. The Kier molecular flexibility index (Phi) is 4.85. The van der Waals surface area contributed by atoms with Gasteiger partial charge in [0.2, 0.25) is 0 Å². The molecule has 2 atom stereocenters. The molecule has 0 spiro atoms. The third kappa shape index (κ3) is 4.28. The predicted molar refractivity (Wildman–Crippen MR) is 83.9 cm³/mol. The number of para-hydroxylation sites is 1. The molecule has 6 heteroatoms. The number of carbonyl (C=O) groups excluding carboxylic acids is 1. The molecule has 1 saturated heterocycles. The SMILES string of the molecule is O=C(COc1ccccc1)NC1CC(c2cccc(F)c2)NN1. The molecular formula is C17H18FN3O2. The van der Waals surface area contributed by atoms with Gasteiger partial charge in [0.05, 0.1) is 6.17 Å². The molecule has 0 aromatic heterocycles. The van der Waals surface area contributed by atoms with Gasteiger partial charge in [0.25, 0.3) is 5.91 Å². The number of hydrogen-bond donors (Lipinski definition) is 3. The molecule has 1 heterocycles. The minimum absolute atomic E-state index is 0.0488. The van der Waals surface area contributed by atoms with E-state index in [-0.39, 0.29) is 30.5 Å². The Hall–Kier alpha value is -2.44. The molecule has 0 radical (unpaired) electrons. The molecule has 0 saturated carbocycles. The molecular weight excluding hydrogens is 297 g/mol. The van der Waals surface area contributed by atoms with E-state index in [9.17, 15) is 9.18 Å². The fourth-order valence-electron chi connectivity index (χ4n) is 2.49. The van der Waals surface area contributed by atoms with Crippen molar-refractivity contribution in [3.63, 3.8) is 0 Å². The molecule has 2 aromatic carbocycles. The Morgan fingerprint density at radius 3 is 2.78 bits per heavy atom. The van der Waals surface area contributed by atoms with Gasteiger partial charge in [-0.25, -0.2) is 15.2 Å². The average molecular weight is 315 g/mol. The Labute approximate surface area is 133 Å². The second kappa shape index (κ2) is 7.21. The van der Waals surface area contributed by atoms with E-state index in [4.69, 9.17) is 4.74 Å². The first-order chi connectivity index (χ1) is 11.2. The third-order valence-corrected chi connectivity index (χ3v) is 3.60. The summed E-state index contributed by atoms with van der Waals surface area (Å²) in [5.74, 6) is 0.166. The van der Waals surface area contributed by atoms with Gasteiger partial charge >= 0.3 is 0 Å². The number of carbonyl (C=O) groups is 1. The molecule has 1 aliphatic rings. The molecule has 3 rings (SSSR count). The molecule has 1 amide bonds. The highest BCUT2D eigenvalue weighted by Gasteiger charge is 2.26. The number of hydrogen-bond acceptors (Lipinski definition) is 4. The molecule has 3 N–H and O–H groups in total. The largest absolute Gasteiger partial charge is 0.484 e. The van der Waals surface area contributed by atoms with Gasteiger partial charge in [0, 0.05) is 12.5 Å². The highest BCUT2D eigenvalue weighted by molar-refractivity contribution is 5.77. The van der Waals surface area contributed by atoms with Gasteiger partial charge in [-0.2, -0.15) is 0 Å². The first kappa shape index (κ1) is 15.5. The Morgan fingerprint density at radius 2 is 2.00 bits per heavy atom. The van der Waals surface area contributed by atoms with Crippen molar-refractivity contribution in [2.75, 3.05) is 6.61 Å². The van der Waals surface area contributed by atoms with Crippen LogP contribution in [0.15, 0.2) is 54.6 Å². The van der Waals surface area contributed by atoms with Crippen LogP contribution in [0, 0.1) is 5.82 Å². The maximum absolute atomic E-state index is 13.3. The fraction of sp³-hybridized carbons (Fsp3) is 0.235. The highest BCUT2D eigenvalue weighted by atomic mass is 19.1. The maximum atomic E-state index is 13.3. The zero-order valence-electron chi connectivity index (χ0n) is 12.5. The van der Waals surface area contributed by atoms with Crippen LogP contribution in [0.3, 0.4) is 0 Å².